The van der Waals surface area contributed by atoms with Crippen LogP contribution in [0.3, 0.4) is 0 Å². The average molecular weight is 164 g/mol. The topological polar surface area (TPSA) is 0 Å². The first-order valence-corrected chi connectivity index (χ1v) is 4.38. The largest absolute Gasteiger partial charge is 0.0991 e. The first-order valence-electron chi connectivity index (χ1n) is 4.38. The lowest BCUT2D eigenvalue weighted by Gasteiger charge is -1.67. The molecule has 0 N–H and O–H groups in total. The van der Waals surface area contributed by atoms with Crippen molar-refractivity contribution in [2.24, 2.45) is 0 Å². The lowest BCUT2D eigenvalue weighted by atomic mass is 10.4. The molecule has 0 rings (SSSR count). The monoisotopic (exact) mass is 164 g/mol. The summed E-state index contributed by atoms with van der Waals surface area (Å²) in [7, 11) is 0. The molecule has 0 radical (unpaired) electrons. The number of hydrogen-bond acceptors (Lipinski definition) is 0. The summed E-state index contributed by atoms with van der Waals surface area (Å²) in [5.41, 5.74) is 0. The van der Waals surface area contributed by atoms with E-state index in [1.165, 1.54) is 0 Å². The maximum atomic E-state index is 3.51. The van der Waals surface area contributed by atoms with Crippen LogP contribution >= 0.6 is 0 Å². The minimum absolute atomic E-state index is 1.10. The molecule has 0 aliphatic rings. The van der Waals surface area contributed by atoms with Gasteiger partial charge in [-0.05, 0) is 12.8 Å². The predicted octanol–water partition coefficient (Wildman–Crippen LogP) is 4.28. The van der Waals surface area contributed by atoms with Crippen LogP contribution < -0.4 is 0 Å². The fourth-order valence-corrected chi connectivity index (χ4v) is 0.465. The Morgan fingerprint density at radius 1 is 0.833 bits per heavy atom. The molecule has 0 aromatic rings. The van der Waals surface area contributed by atoms with E-state index >= 15 is 0 Å². The zero-order chi connectivity index (χ0) is 9.66. The van der Waals surface area contributed by atoms with Crippen molar-refractivity contribution in [2.75, 3.05) is 0 Å². The van der Waals surface area contributed by atoms with Gasteiger partial charge in [-0.3, -0.25) is 0 Å². The van der Waals surface area contributed by atoms with Crippen LogP contribution in [0.1, 0.15) is 26.7 Å². The van der Waals surface area contributed by atoms with Gasteiger partial charge in [0.05, 0.1) is 0 Å². The Bertz CT molecular complexity index is 120. The van der Waals surface area contributed by atoms with Crippen LogP contribution in [0.5, 0.6) is 0 Å². The van der Waals surface area contributed by atoms with E-state index in [4.69, 9.17) is 0 Å². The Labute approximate surface area is 77.0 Å². The fourth-order valence-electron chi connectivity index (χ4n) is 0.465. The molecule has 0 aliphatic heterocycles. The number of hydrogen-bond donors (Lipinski definition) is 0. The number of rotatable bonds is 4. The maximum Gasteiger partial charge on any atom is -0.0376 e. The van der Waals surface area contributed by atoms with Gasteiger partial charge >= 0.3 is 0 Å². The molecule has 0 spiro atoms. The first kappa shape index (κ1) is 13.5. The normalized spacial score (nSPS) is 9.50. The minimum Gasteiger partial charge on any atom is -0.0991 e. The smallest absolute Gasteiger partial charge is 0.0376 e. The first-order chi connectivity index (χ1) is 5.83. The van der Waals surface area contributed by atoms with Gasteiger partial charge in [0.25, 0.3) is 0 Å². The van der Waals surface area contributed by atoms with Crippen LogP contribution in [0.2, 0.25) is 0 Å². The summed E-state index contributed by atoms with van der Waals surface area (Å²) in [4.78, 5) is 0. The van der Waals surface area contributed by atoms with Crippen LogP contribution in [0.15, 0.2) is 49.6 Å². The summed E-state index contributed by atoms with van der Waals surface area (Å²) in [6, 6.07) is 0. The lowest BCUT2D eigenvalue weighted by molar-refractivity contribution is 1.22. The van der Waals surface area contributed by atoms with Crippen LogP contribution in [0, 0.1) is 0 Å². The highest BCUT2D eigenvalue weighted by molar-refractivity contribution is 4.96. The van der Waals surface area contributed by atoms with Gasteiger partial charge in [-0.2, -0.15) is 0 Å². The van der Waals surface area contributed by atoms with Crippen molar-refractivity contribution in [1.29, 1.82) is 0 Å². The van der Waals surface area contributed by atoms with E-state index in [0.29, 0.717) is 0 Å². The van der Waals surface area contributed by atoms with Crippen LogP contribution in [-0.4, -0.2) is 0 Å². The van der Waals surface area contributed by atoms with Crippen molar-refractivity contribution in [1.82, 2.24) is 0 Å². The molecule has 0 aliphatic carbocycles. The highest BCUT2D eigenvalue weighted by atomic mass is 13.6. The second kappa shape index (κ2) is 16.5. The van der Waals surface area contributed by atoms with Gasteiger partial charge in [0, 0.05) is 0 Å². The molecular weight excluding hydrogens is 144 g/mol. The van der Waals surface area contributed by atoms with Crippen LogP contribution in [0.25, 0.3) is 0 Å². The quantitative estimate of drug-likeness (QED) is 0.544. The predicted molar refractivity (Wildman–Crippen MR) is 59.3 cm³/mol. The Balaban J connectivity index is 0. The molecule has 0 unspecified atom stereocenters. The summed E-state index contributed by atoms with van der Waals surface area (Å²) >= 11 is 0. The molecule has 0 fully saturated rings. The van der Waals surface area contributed by atoms with Gasteiger partial charge in [-0.25, -0.2) is 0 Å². The zero-order valence-corrected chi connectivity index (χ0v) is 8.29. The molecule has 0 aromatic heterocycles. The van der Waals surface area contributed by atoms with Crippen LogP contribution in [0.4, 0.5) is 0 Å². The summed E-state index contributed by atoms with van der Waals surface area (Å²) in [6.07, 6.45) is 13.8. The Hall–Kier alpha value is -1.04. The van der Waals surface area contributed by atoms with E-state index < -0.39 is 0 Å². The molecule has 0 atom stereocenters. The molecule has 0 saturated carbocycles. The second-order valence-electron chi connectivity index (χ2n) is 2.14. The van der Waals surface area contributed by atoms with Gasteiger partial charge in [0.2, 0.25) is 0 Å². The Morgan fingerprint density at radius 2 is 1.17 bits per heavy atom. The third-order valence-electron chi connectivity index (χ3n) is 1.02. The zero-order valence-electron chi connectivity index (χ0n) is 8.29. The maximum absolute atomic E-state index is 3.51. The molecular formula is C12H20. The summed E-state index contributed by atoms with van der Waals surface area (Å²) < 4.78 is 0. The molecule has 0 aromatic carbocycles. The highest BCUT2D eigenvalue weighted by Crippen LogP contribution is 1.77. The summed E-state index contributed by atoms with van der Waals surface area (Å²) in [5, 5.41) is 0. The molecule has 0 saturated heterocycles. The van der Waals surface area contributed by atoms with Crippen molar-refractivity contribution < 1.29 is 0 Å². The summed E-state index contributed by atoms with van der Waals surface area (Å²) in [6.45, 7) is 11.2. The molecule has 12 heavy (non-hydrogen) atoms. The van der Waals surface area contributed by atoms with Gasteiger partial charge in [0.1, 0.15) is 0 Å². The minimum atomic E-state index is 1.10. The lowest BCUT2D eigenvalue weighted by Crippen LogP contribution is -1.46. The van der Waals surface area contributed by atoms with E-state index in [0.717, 1.165) is 12.8 Å². The highest BCUT2D eigenvalue weighted by Gasteiger charge is 1.55. The van der Waals surface area contributed by atoms with E-state index in [9.17, 15) is 0 Å². The van der Waals surface area contributed by atoms with Crippen molar-refractivity contribution in [3.8, 4) is 0 Å². The van der Waals surface area contributed by atoms with Gasteiger partial charge in [-0.1, -0.05) is 63.5 Å². The standard InChI is InChI=1S/2C6H10/c2*1-3-5-6-4-2/h2*3,5-6H,1,4H2,2H3. The van der Waals surface area contributed by atoms with Gasteiger partial charge in [-0.15, -0.1) is 0 Å². The SMILES string of the molecule is C=CC=CCC.C=CC=CCC. The number of allylic oxidation sites excluding steroid dienone is 6. The Morgan fingerprint density at radius 3 is 1.25 bits per heavy atom. The molecule has 0 amide bonds. The second-order valence-corrected chi connectivity index (χ2v) is 2.14. The van der Waals surface area contributed by atoms with Crippen LogP contribution in [-0.2, 0) is 0 Å². The van der Waals surface area contributed by atoms with E-state index in [1.807, 2.05) is 12.2 Å². The van der Waals surface area contributed by atoms with Gasteiger partial charge < -0.3 is 0 Å². The Kier molecular flexibility index (Phi) is 18.6. The van der Waals surface area contributed by atoms with Crippen molar-refractivity contribution in [3.63, 3.8) is 0 Å². The van der Waals surface area contributed by atoms with Crippen molar-refractivity contribution in [3.05, 3.63) is 49.6 Å². The van der Waals surface area contributed by atoms with Crippen molar-refractivity contribution in [2.45, 2.75) is 26.7 Å². The van der Waals surface area contributed by atoms with E-state index in [1.54, 1.807) is 12.2 Å². The molecule has 0 bridgehead atoms. The van der Waals surface area contributed by atoms with E-state index in [-0.39, 0.29) is 0 Å². The molecule has 0 heterocycles. The third-order valence-corrected chi connectivity index (χ3v) is 1.02. The third kappa shape index (κ3) is 23.1. The van der Waals surface area contributed by atoms with Gasteiger partial charge in [0.15, 0.2) is 0 Å². The molecule has 0 nitrogen and oxygen atoms in total. The van der Waals surface area contributed by atoms with E-state index in [2.05, 4.69) is 39.2 Å². The molecule has 0 heteroatoms. The molecule has 68 valence electrons. The van der Waals surface area contributed by atoms with Crippen molar-refractivity contribution >= 4 is 0 Å². The summed E-state index contributed by atoms with van der Waals surface area (Å²) in [5.74, 6) is 0. The average Bonchev–Trinajstić information content (AvgIpc) is 2.12. The fraction of sp³-hybridized carbons (Fsp3) is 0.333.